The second kappa shape index (κ2) is 5.90. The second-order valence-electron chi connectivity index (χ2n) is 6.00. The minimum absolute atomic E-state index is 0.192. The highest BCUT2D eigenvalue weighted by Crippen LogP contribution is 2.25. The molecule has 1 unspecified atom stereocenters. The number of H-pyrrole nitrogens is 2. The van der Waals surface area contributed by atoms with E-state index >= 15 is 0 Å². The van der Waals surface area contributed by atoms with E-state index in [4.69, 9.17) is 5.73 Å². The lowest BCUT2D eigenvalue weighted by molar-refractivity contribution is 0.100. The van der Waals surface area contributed by atoms with Crippen LogP contribution in [-0.4, -0.2) is 25.8 Å². The van der Waals surface area contributed by atoms with E-state index in [9.17, 15) is 4.79 Å². The zero-order chi connectivity index (χ0) is 17.4. The fourth-order valence-electron chi connectivity index (χ4n) is 2.90. The van der Waals surface area contributed by atoms with Gasteiger partial charge in [0.2, 0.25) is 5.91 Å². The molecule has 0 aliphatic carbocycles. The van der Waals surface area contributed by atoms with Gasteiger partial charge in [-0.3, -0.25) is 4.79 Å². The Morgan fingerprint density at radius 3 is 2.64 bits per heavy atom. The van der Waals surface area contributed by atoms with Gasteiger partial charge < -0.3 is 15.7 Å². The number of rotatable bonds is 4. The van der Waals surface area contributed by atoms with Gasteiger partial charge in [0, 0.05) is 29.4 Å². The molecule has 2 heterocycles. The Hall–Kier alpha value is -3.41. The van der Waals surface area contributed by atoms with Gasteiger partial charge in [-0.1, -0.05) is 31.2 Å². The Balaban J connectivity index is 1.65. The van der Waals surface area contributed by atoms with Crippen LogP contribution in [0.4, 0.5) is 0 Å². The molecule has 4 aromatic rings. The van der Waals surface area contributed by atoms with Crippen LogP contribution in [0.15, 0.2) is 54.9 Å². The molecule has 0 aliphatic heterocycles. The molecule has 0 aliphatic rings. The monoisotopic (exact) mass is 331 g/mol. The molecule has 25 heavy (non-hydrogen) atoms. The van der Waals surface area contributed by atoms with E-state index in [0.29, 0.717) is 5.56 Å². The van der Waals surface area contributed by atoms with Crippen LogP contribution in [0.5, 0.6) is 0 Å². The van der Waals surface area contributed by atoms with E-state index < -0.39 is 5.91 Å². The number of benzene rings is 2. The number of nitrogens with one attached hydrogen (secondary N) is 2. The molecule has 0 spiro atoms. The van der Waals surface area contributed by atoms with Gasteiger partial charge in [-0.2, -0.15) is 0 Å². The van der Waals surface area contributed by atoms with Crippen molar-refractivity contribution in [3.8, 4) is 11.4 Å². The SMILES string of the molecule is CC(c1ccc(-c2nc3ccc(C(N)=O)cc3[nH]2)cc1)c1ncc[nH]1. The van der Waals surface area contributed by atoms with Gasteiger partial charge in [0.25, 0.3) is 0 Å². The van der Waals surface area contributed by atoms with Crippen LogP contribution < -0.4 is 5.73 Å². The summed E-state index contributed by atoms with van der Waals surface area (Å²) in [4.78, 5) is 26.6. The highest BCUT2D eigenvalue weighted by atomic mass is 16.1. The van der Waals surface area contributed by atoms with Crippen molar-refractivity contribution >= 4 is 16.9 Å². The number of hydrogen-bond donors (Lipinski definition) is 3. The Bertz CT molecular complexity index is 1030. The van der Waals surface area contributed by atoms with Gasteiger partial charge in [0.15, 0.2) is 0 Å². The molecule has 1 atom stereocenters. The first-order chi connectivity index (χ1) is 12.1. The average molecular weight is 331 g/mol. The highest BCUT2D eigenvalue weighted by Gasteiger charge is 2.12. The number of primary amides is 1. The minimum Gasteiger partial charge on any atom is -0.366 e. The molecule has 4 rings (SSSR count). The Kier molecular flexibility index (Phi) is 3.57. The first-order valence-corrected chi connectivity index (χ1v) is 8.01. The number of amides is 1. The average Bonchev–Trinajstić information content (AvgIpc) is 3.30. The third-order valence-electron chi connectivity index (χ3n) is 4.38. The first kappa shape index (κ1) is 15.1. The van der Waals surface area contributed by atoms with Gasteiger partial charge in [0.1, 0.15) is 11.6 Å². The molecule has 0 saturated carbocycles. The van der Waals surface area contributed by atoms with E-state index in [0.717, 1.165) is 28.2 Å². The van der Waals surface area contributed by atoms with Crippen molar-refractivity contribution in [1.29, 1.82) is 0 Å². The second-order valence-corrected chi connectivity index (χ2v) is 6.00. The first-order valence-electron chi connectivity index (χ1n) is 8.01. The molecule has 0 bridgehead atoms. The van der Waals surface area contributed by atoms with Crippen molar-refractivity contribution < 1.29 is 4.79 Å². The molecule has 6 heteroatoms. The molecule has 0 radical (unpaired) electrons. The maximum atomic E-state index is 11.3. The van der Waals surface area contributed by atoms with Crippen molar-refractivity contribution in [2.75, 3.05) is 0 Å². The molecule has 2 aromatic heterocycles. The number of nitrogens with two attached hydrogens (primary N) is 1. The van der Waals surface area contributed by atoms with Crippen molar-refractivity contribution in [3.63, 3.8) is 0 Å². The van der Waals surface area contributed by atoms with Crippen LogP contribution in [0.2, 0.25) is 0 Å². The number of imidazole rings is 2. The highest BCUT2D eigenvalue weighted by molar-refractivity contribution is 5.96. The summed E-state index contributed by atoms with van der Waals surface area (Å²) in [6.45, 7) is 2.11. The molecule has 0 fully saturated rings. The quantitative estimate of drug-likeness (QED) is 0.535. The zero-order valence-corrected chi connectivity index (χ0v) is 13.7. The zero-order valence-electron chi connectivity index (χ0n) is 13.7. The molecule has 124 valence electrons. The van der Waals surface area contributed by atoms with E-state index in [1.807, 2.05) is 18.3 Å². The summed E-state index contributed by atoms with van der Waals surface area (Å²) in [5, 5.41) is 0. The van der Waals surface area contributed by atoms with Crippen molar-refractivity contribution in [1.82, 2.24) is 19.9 Å². The molecule has 0 saturated heterocycles. The fraction of sp³-hybridized carbons (Fsp3) is 0.105. The van der Waals surface area contributed by atoms with Crippen molar-refractivity contribution in [2.45, 2.75) is 12.8 Å². The van der Waals surface area contributed by atoms with Gasteiger partial charge in [-0.15, -0.1) is 0 Å². The minimum atomic E-state index is -0.450. The van der Waals surface area contributed by atoms with Gasteiger partial charge in [-0.05, 0) is 23.8 Å². The lowest BCUT2D eigenvalue weighted by atomic mass is 9.99. The summed E-state index contributed by atoms with van der Waals surface area (Å²) in [6, 6.07) is 13.4. The van der Waals surface area contributed by atoms with Crippen molar-refractivity contribution in [2.24, 2.45) is 5.73 Å². The van der Waals surface area contributed by atoms with Crippen LogP contribution in [0.25, 0.3) is 22.4 Å². The summed E-state index contributed by atoms with van der Waals surface area (Å²) in [6.07, 6.45) is 3.59. The third kappa shape index (κ3) is 2.78. The molecular weight excluding hydrogens is 314 g/mol. The molecule has 2 aromatic carbocycles. The van der Waals surface area contributed by atoms with Crippen LogP contribution in [0.3, 0.4) is 0 Å². The van der Waals surface area contributed by atoms with Crippen LogP contribution >= 0.6 is 0 Å². The maximum absolute atomic E-state index is 11.3. The number of aromatic nitrogens is 4. The number of hydrogen-bond acceptors (Lipinski definition) is 3. The number of carbonyl (C=O) groups excluding carboxylic acids is 1. The lowest BCUT2D eigenvalue weighted by Crippen LogP contribution is -2.10. The summed E-state index contributed by atoms with van der Waals surface area (Å²) in [5.74, 6) is 1.44. The van der Waals surface area contributed by atoms with Crippen LogP contribution in [0, 0.1) is 0 Å². The Labute approximate surface area is 144 Å². The fourth-order valence-corrected chi connectivity index (χ4v) is 2.90. The lowest BCUT2D eigenvalue weighted by Gasteiger charge is -2.09. The number of fused-ring (bicyclic) bond motifs is 1. The van der Waals surface area contributed by atoms with E-state index in [2.05, 4.69) is 39.0 Å². The normalized spacial score (nSPS) is 12.4. The number of nitrogens with zero attached hydrogens (tertiary/aromatic N) is 2. The standard InChI is InChI=1S/C19H17N5O/c1-11(18-21-8-9-22-18)12-2-4-13(5-3-12)19-23-15-7-6-14(17(20)25)10-16(15)24-19/h2-11H,1H3,(H2,20,25)(H,21,22)(H,23,24). The predicted octanol–water partition coefficient (Wildman–Crippen LogP) is 3.20. The molecule has 4 N–H and O–H groups in total. The summed E-state index contributed by atoms with van der Waals surface area (Å²) in [7, 11) is 0. The van der Waals surface area contributed by atoms with Crippen LogP contribution in [-0.2, 0) is 0 Å². The molecule has 6 nitrogen and oxygen atoms in total. The number of aromatic amines is 2. The van der Waals surface area contributed by atoms with Crippen LogP contribution in [0.1, 0.15) is 34.6 Å². The summed E-state index contributed by atoms with van der Waals surface area (Å²) < 4.78 is 0. The largest absolute Gasteiger partial charge is 0.366 e. The Morgan fingerprint density at radius 2 is 1.96 bits per heavy atom. The van der Waals surface area contributed by atoms with E-state index in [1.165, 1.54) is 5.56 Å². The molecular formula is C19H17N5O. The van der Waals surface area contributed by atoms with Crippen molar-refractivity contribution in [3.05, 3.63) is 71.8 Å². The summed E-state index contributed by atoms with van der Waals surface area (Å²) in [5.41, 5.74) is 9.53. The van der Waals surface area contributed by atoms with E-state index in [-0.39, 0.29) is 5.92 Å². The van der Waals surface area contributed by atoms with Gasteiger partial charge in [0.05, 0.1) is 11.0 Å². The predicted molar refractivity (Wildman–Crippen MR) is 96.2 cm³/mol. The number of carbonyl (C=O) groups is 1. The third-order valence-corrected chi connectivity index (χ3v) is 4.38. The van der Waals surface area contributed by atoms with Gasteiger partial charge in [-0.25, -0.2) is 9.97 Å². The smallest absolute Gasteiger partial charge is 0.248 e. The topological polar surface area (TPSA) is 100 Å². The van der Waals surface area contributed by atoms with Gasteiger partial charge >= 0.3 is 0 Å². The van der Waals surface area contributed by atoms with E-state index in [1.54, 1.807) is 24.4 Å². The Morgan fingerprint density at radius 1 is 1.16 bits per heavy atom. The maximum Gasteiger partial charge on any atom is 0.248 e. The summed E-state index contributed by atoms with van der Waals surface area (Å²) >= 11 is 0. The molecule has 1 amide bonds.